The molecule has 3 N–H and O–H groups in total. The van der Waals surface area contributed by atoms with Crippen molar-refractivity contribution in [1.82, 2.24) is 4.98 Å². The van der Waals surface area contributed by atoms with Gasteiger partial charge >= 0.3 is 0 Å². The molecule has 21 heavy (non-hydrogen) atoms. The van der Waals surface area contributed by atoms with Gasteiger partial charge < -0.3 is 20.2 Å². The fourth-order valence-corrected chi connectivity index (χ4v) is 2.16. The molecule has 5 heteroatoms. The Balaban J connectivity index is 1.86. The molecule has 0 aliphatic carbocycles. The van der Waals surface area contributed by atoms with E-state index < -0.39 is 0 Å². The van der Waals surface area contributed by atoms with Crippen molar-refractivity contribution < 1.29 is 9.15 Å². The molecule has 0 radical (unpaired) electrons. The van der Waals surface area contributed by atoms with Gasteiger partial charge in [0, 0.05) is 17.8 Å². The molecule has 108 valence electrons. The second-order valence-electron chi connectivity index (χ2n) is 4.57. The first-order chi connectivity index (χ1) is 10.3. The van der Waals surface area contributed by atoms with Crippen LogP contribution in [0.1, 0.15) is 12.5 Å². The number of rotatable bonds is 5. The molecule has 2 aromatic carbocycles. The van der Waals surface area contributed by atoms with Gasteiger partial charge in [-0.1, -0.05) is 12.1 Å². The maximum atomic E-state index is 5.76. The maximum absolute atomic E-state index is 5.76. The smallest absolute Gasteiger partial charge is 0.300 e. The first-order valence-electron chi connectivity index (χ1n) is 6.88. The van der Waals surface area contributed by atoms with Gasteiger partial charge in [0.25, 0.3) is 6.01 Å². The summed E-state index contributed by atoms with van der Waals surface area (Å²) in [5.41, 5.74) is 9.15. The highest BCUT2D eigenvalue weighted by Crippen LogP contribution is 2.26. The summed E-state index contributed by atoms with van der Waals surface area (Å²) in [6.07, 6.45) is 0. The predicted octanol–water partition coefficient (Wildman–Crippen LogP) is 3.43. The summed E-state index contributed by atoms with van der Waals surface area (Å²) in [5.74, 6) is 0.808. The summed E-state index contributed by atoms with van der Waals surface area (Å²) in [7, 11) is 0. The van der Waals surface area contributed by atoms with E-state index in [1.165, 1.54) is 0 Å². The van der Waals surface area contributed by atoms with Gasteiger partial charge in [0.1, 0.15) is 11.3 Å². The van der Waals surface area contributed by atoms with Gasteiger partial charge in [0.2, 0.25) is 0 Å². The van der Waals surface area contributed by atoms with E-state index in [2.05, 4.69) is 10.3 Å². The molecule has 0 atom stereocenters. The molecule has 0 aliphatic rings. The molecule has 3 rings (SSSR count). The Bertz CT molecular complexity index is 719. The Hall–Kier alpha value is -2.53. The lowest BCUT2D eigenvalue weighted by Gasteiger charge is -2.10. The number of nitrogens with one attached hydrogen (secondary N) is 1. The molecule has 1 aromatic heterocycles. The number of ether oxygens (including phenoxy) is 1. The number of anilines is 2. The molecule has 0 spiro atoms. The third-order valence-electron chi connectivity index (χ3n) is 3.13. The molecule has 1 heterocycles. The molecule has 3 aromatic rings. The van der Waals surface area contributed by atoms with Crippen molar-refractivity contribution in [3.05, 3.63) is 48.0 Å². The molecule has 0 aliphatic heterocycles. The van der Waals surface area contributed by atoms with Gasteiger partial charge in [-0.3, -0.25) is 0 Å². The van der Waals surface area contributed by atoms with Gasteiger partial charge in [0.05, 0.1) is 6.61 Å². The van der Waals surface area contributed by atoms with Crippen LogP contribution in [-0.4, -0.2) is 11.6 Å². The van der Waals surface area contributed by atoms with E-state index in [1.807, 2.05) is 49.4 Å². The highest BCUT2D eigenvalue weighted by molar-refractivity contribution is 5.75. The molecular formula is C16H17N3O2. The molecule has 0 amide bonds. The van der Waals surface area contributed by atoms with E-state index in [9.17, 15) is 0 Å². The van der Waals surface area contributed by atoms with Crippen LogP contribution < -0.4 is 15.8 Å². The fourth-order valence-electron chi connectivity index (χ4n) is 2.16. The van der Waals surface area contributed by atoms with Crippen molar-refractivity contribution in [3.8, 4) is 5.75 Å². The van der Waals surface area contributed by atoms with E-state index in [0.717, 1.165) is 28.1 Å². The minimum atomic E-state index is 0.415. The predicted molar refractivity (Wildman–Crippen MR) is 82.8 cm³/mol. The van der Waals surface area contributed by atoms with Crippen molar-refractivity contribution in [2.45, 2.75) is 13.5 Å². The normalized spacial score (nSPS) is 10.8. The fraction of sp³-hybridized carbons (Fsp3) is 0.188. The van der Waals surface area contributed by atoms with Gasteiger partial charge in [-0.2, -0.15) is 4.98 Å². The van der Waals surface area contributed by atoms with Crippen LogP contribution in [0.3, 0.4) is 0 Å². The van der Waals surface area contributed by atoms with E-state index in [0.29, 0.717) is 19.2 Å². The number of fused-ring (bicyclic) bond motifs is 1. The van der Waals surface area contributed by atoms with Crippen LogP contribution in [0.2, 0.25) is 0 Å². The van der Waals surface area contributed by atoms with E-state index in [4.69, 9.17) is 14.9 Å². The zero-order valence-electron chi connectivity index (χ0n) is 11.8. The minimum absolute atomic E-state index is 0.415. The van der Waals surface area contributed by atoms with Crippen LogP contribution in [0, 0.1) is 0 Å². The minimum Gasteiger partial charge on any atom is -0.494 e. The monoisotopic (exact) mass is 283 g/mol. The highest BCUT2D eigenvalue weighted by Gasteiger charge is 2.07. The largest absolute Gasteiger partial charge is 0.494 e. The first kappa shape index (κ1) is 13.5. The van der Waals surface area contributed by atoms with Crippen molar-refractivity contribution in [3.63, 3.8) is 0 Å². The Morgan fingerprint density at radius 2 is 2.10 bits per heavy atom. The molecule has 0 saturated carbocycles. The van der Waals surface area contributed by atoms with Gasteiger partial charge in [-0.05, 0) is 37.3 Å². The zero-order chi connectivity index (χ0) is 14.7. The Morgan fingerprint density at radius 3 is 2.86 bits per heavy atom. The SMILES string of the molecule is CCOc1ccc(Nc2nc3ccccc3o2)cc1CN. The maximum Gasteiger partial charge on any atom is 0.300 e. The summed E-state index contributed by atoms with van der Waals surface area (Å²) in [6.45, 7) is 2.98. The van der Waals surface area contributed by atoms with E-state index in [1.54, 1.807) is 0 Å². The Labute approximate surface area is 122 Å². The van der Waals surface area contributed by atoms with Crippen LogP contribution >= 0.6 is 0 Å². The summed E-state index contributed by atoms with van der Waals surface area (Å²) < 4.78 is 11.2. The number of aromatic nitrogens is 1. The first-order valence-corrected chi connectivity index (χ1v) is 6.88. The highest BCUT2D eigenvalue weighted by atomic mass is 16.5. The molecule has 0 bridgehead atoms. The lowest BCUT2D eigenvalue weighted by atomic mass is 10.2. The average molecular weight is 283 g/mol. The molecular weight excluding hydrogens is 266 g/mol. The van der Waals surface area contributed by atoms with Gasteiger partial charge in [-0.15, -0.1) is 0 Å². The zero-order valence-corrected chi connectivity index (χ0v) is 11.8. The number of para-hydroxylation sites is 2. The molecule has 0 saturated heterocycles. The van der Waals surface area contributed by atoms with Crippen molar-refractivity contribution in [2.75, 3.05) is 11.9 Å². The topological polar surface area (TPSA) is 73.3 Å². The van der Waals surface area contributed by atoms with E-state index >= 15 is 0 Å². The summed E-state index contributed by atoms with van der Waals surface area (Å²) in [6, 6.07) is 13.9. The molecule has 5 nitrogen and oxygen atoms in total. The second-order valence-corrected chi connectivity index (χ2v) is 4.57. The number of nitrogens with zero attached hydrogens (tertiary/aromatic N) is 1. The third-order valence-corrected chi connectivity index (χ3v) is 3.13. The van der Waals surface area contributed by atoms with Crippen molar-refractivity contribution >= 4 is 22.8 Å². The second kappa shape index (κ2) is 5.85. The lowest BCUT2D eigenvalue weighted by molar-refractivity contribution is 0.336. The number of nitrogens with two attached hydrogens (primary N) is 1. The summed E-state index contributed by atoms with van der Waals surface area (Å²) in [4.78, 5) is 4.38. The molecule has 0 unspecified atom stereocenters. The lowest BCUT2D eigenvalue weighted by Crippen LogP contribution is -2.03. The number of oxazole rings is 1. The number of benzene rings is 2. The summed E-state index contributed by atoms with van der Waals surface area (Å²) in [5, 5.41) is 3.15. The average Bonchev–Trinajstić information content (AvgIpc) is 2.91. The van der Waals surface area contributed by atoms with Gasteiger partial charge in [0.15, 0.2) is 5.58 Å². The quantitative estimate of drug-likeness (QED) is 0.750. The Morgan fingerprint density at radius 1 is 1.24 bits per heavy atom. The summed E-state index contributed by atoms with van der Waals surface area (Å²) >= 11 is 0. The number of hydrogen-bond donors (Lipinski definition) is 2. The third kappa shape index (κ3) is 2.83. The van der Waals surface area contributed by atoms with Crippen molar-refractivity contribution in [1.29, 1.82) is 0 Å². The van der Waals surface area contributed by atoms with E-state index in [-0.39, 0.29) is 0 Å². The standard InChI is InChI=1S/C16H17N3O2/c1-2-20-14-8-7-12(9-11(14)10-17)18-16-19-13-5-3-4-6-15(13)21-16/h3-9H,2,10,17H2,1H3,(H,18,19). The molecule has 0 fully saturated rings. The van der Waals surface area contributed by atoms with Crippen LogP contribution in [0.5, 0.6) is 5.75 Å². The van der Waals surface area contributed by atoms with Crippen LogP contribution in [0.15, 0.2) is 46.9 Å². The van der Waals surface area contributed by atoms with Crippen LogP contribution in [0.25, 0.3) is 11.1 Å². The van der Waals surface area contributed by atoms with Crippen LogP contribution in [-0.2, 0) is 6.54 Å². The Kier molecular flexibility index (Phi) is 3.75. The van der Waals surface area contributed by atoms with Crippen molar-refractivity contribution in [2.24, 2.45) is 5.73 Å². The van der Waals surface area contributed by atoms with Crippen LogP contribution in [0.4, 0.5) is 11.7 Å². The number of hydrogen-bond acceptors (Lipinski definition) is 5. The van der Waals surface area contributed by atoms with Gasteiger partial charge in [-0.25, -0.2) is 0 Å².